The number of amides is 1. The summed E-state index contributed by atoms with van der Waals surface area (Å²) >= 11 is 3.12. The van der Waals surface area contributed by atoms with Crippen LogP contribution in [0.3, 0.4) is 0 Å². The van der Waals surface area contributed by atoms with Crippen LogP contribution in [0.1, 0.15) is 26.7 Å². The molecule has 0 radical (unpaired) electrons. The quantitative estimate of drug-likeness (QED) is 0.740. The minimum atomic E-state index is 0.0868. The number of carbonyl (C=O) groups is 1. The second-order valence-electron chi connectivity index (χ2n) is 4.17. The van der Waals surface area contributed by atoms with Crippen LogP contribution in [0.25, 0.3) is 0 Å². The average Bonchev–Trinajstić information content (AvgIpc) is 2.82. The Morgan fingerprint density at radius 2 is 2.17 bits per heavy atom. The van der Waals surface area contributed by atoms with E-state index in [1.807, 2.05) is 0 Å². The molecule has 0 aromatic rings. The third-order valence-electron chi connectivity index (χ3n) is 2.55. The summed E-state index contributed by atoms with van der Waals surface area (Å²) in [6.07, 6.45) is 2.66. The van der Waals surface area contributed by atoms with Crippen molar-refractivity contribution >= 4 is 21.8 Å². The third kappa shape index (κ3) is 2.77. The summed E-state index contributed by atoms with van der Waals surface area (Å²) in [5.41, 5.74) is 0.290. The standard InChI is InChI=1S/C9H16BrNO/c1-9(2,7-3-4-7)6-11-8(12)5-10/h7H,3-6H2,1-2H3,(H,11,12). The van der Waals surface area contributed by atoms with Crippen molar-refractivity contribution in [2.24, 2.45) is 11.3 Å². The lowest BCUT2D eigenvalue weighted by Crippen LogP contribution is -2.35. The highest BCUT2D eigenvalue weighted by Gasteiger charge is 2.37. The highest BCUT2D eigenvalue weighted by atomic mass is 79.9. The Balaban J connectivity index is 2.24. The summed E-state index contributed by atoms with van der Waals surface area (Å²) in [5, 5.41) is 3.32. The molecule has 0 spiro atoms. The van der Waals surface area contributed by atoms with E-state index in [2.05, 4.69) is 35.1 Å². The van der Waals surface area contributed by atoms with Crippen molar-refractivity contribution in [2.75, 3.05) is 11.9 Å². The lowest BCUT2D eigenvalue weighted by atomic mass is 9.87. The average molecular weight is 234 g/mol. The van der Waals surface area contributed by atoms with Gasteiger partial charge in [0.25, 0.3) is 0 Å². The van der Waals surface area contributed by atoms with Crippen LogP contribution in [0, 0.1) is 11.3 Å². The molecule has 0 aromatic heterocycles. The Hall–Kier alpha value is -0.0500. The fourth-order valence-corrected chi connectivity index (χ4v) is 1.58. The van der Waals surface area contributed by atoms with Crippen LogP contribution >= 0.6 is 15.9 Å². The lowest BCUT2D eigenvalue weighted by molar-refractivity contribution is -0.118. The van der Waals surface area contributed by atoms with Gasteiger partial charge in [0.1, 0.15) is 0 Å². The van der Waals surface area contributed by atoms with Gasteiger partial charge in [0.15, 0.2) is 0 Å². The van der Waals surface area contributed by atoms with Gasteiger partial charge in [-0.05, 0) is 24.2 Å². The predicted molar refractivity (Wildman–Crippen MR) is 53.3 cm³/mol. The highest BCUT2D eigenvalue weighted by molar-refractivity contribution is 9.09. The zero-order chi connectivity index (χ0) is 9.19. The Kier molecular flexibility index (Phi) is 3.16. The van der Waals surface area contributed by atoms with E-state index in [1.165, 1.54) is 12.8 Å². The monoisotopic (exact) mass is 233 g/mol. The smallest absolute Gasteiger partial charge is 0.230 e. The fourth-order valence-electron chi connectivity index (χ4n) is 1.38. The van der Waals surface area contributed by atoms with E-state index in [1.54, 1.807) is 0 Å². The van der Waals surface area contributed by atoms with Crippen LogP contribution in [0.2, 0.25) is 0 Å². The molecule has 0 atom stereocenters. The van der Waals surface area contributed by atoms with E-state index >= 15 is 0 Å². The van der Waals surface area contributed by atoms with Crippen molar-refractivity contribution in [3.63, 3.8) is 0 Å². The first-order valence-electron chi connectivity index (χ1n) is 4.39. The molecule has 70 valence electrons. The molecular formula is C9H16BrNO. The van der Waals surface area contributed by atoms with Crippen molar-refractivity contribution < 1.29 is 4.79 Å². The zero-order valence-electron chi connectivity index (χ0n) is 7.69. The fraction of sp³-hybridized carbons (Fsp3) is 0.889. The Morgan fingerprint density at radius 3 is 2.58 bits per heavy atom. The first kappa shape index (κ1) is 10.0. The molecule has 1 aliphatic rings. The van der Waals surface area contributed by atoms with Gasteiger partial charge in [-0.2, -0.15) is 0 Å². The highest BCUT2D eigenvalue weighted by Crippen LogP contribution is 2.44. The van der Waals surface area contributed by atoms with E-state index in [-0.39, 0.29) is 11.3 Å². The molecule has 0 unspecified atom stereocenters. The normalized spacial score (nSPS) is 17.6. The molecule has 1 fully saturated rings. The molecule has 1 N–H and O–H groups in total. The minimum Gasteiger partial charge on any atom is -0.355 e. The summed E-state index contributed by atoms with van der Waals surface area (Å²) in [7, 11) is 0. The van der Waals surface area contributed by atoms with Gasteiger partial charge in [-0.15, -0.1) is 0 Å². The van der Waals surface area contributed by atoms with Crippen molar-refractivity contribution in [2.45, 2.75) is 26.7 Å². The number of nitrogens with one attached hydrogen (secondary N) is 1. The lowest BCUT2D eigenvalue weighted by Gasteiger charge is -2.24. The SMILES string of the molecule is CC(C)(CNC(=O)CBr)C1CC1. The second-order valence-corrected chi connectivity index (χ2v) is 4.73. The van der Waals surface area contributed by atoms with Gasteiger partial charge >= 0.3 is 0 Å². The number of rotatable bonds is 4. The Labute approximate surface area is 82.2 Å². The van der Waals surface area contributed by atoms with Gasteiger partial charge in [0, 0.05) is 6.54 Å². The molecule has 0 aromatic carbocycles. The topological polar surface area (TPSA) is 29.1 Å². The summed E-state index contributed by atoms with van der Waals surface area (Å²) < 4.78 is 0. The van der Waals surface area contributed by atoms with Crippen molar-refractivity contribution in [1.29, 1.82) is 0 Å². The molecule has 0 bridgehead atoms. The largest absolute Gasteiger partial charge is 0.355 e. The molecule has 1 amide bonds. The number of hydrogen-bond acceptors (Lipinski definition) is 1. The van der Waals surface area contributed by atoms with Crippen LogP contribution in [0.5, 0.6) is 0 Å². The van der Waals surface area contributed by atoms with Gasteiger partial charge in [0.2, 0.25) is 5.91 Å². The van der Waals surface area contributed by atoms with Gasteiger partial charge in [-0.1, -0.05) is 29.8 Å². The molecule has 12 heavy (non-hydrogen) atoms. The first-order valence-corrected chi connectivity index (χ1v) is 5.51. The summed E-state index contributed by atoms with van der Waals surface area (Å²) in [4.78, 5) is 10.9. The Bertz CT molecular complexity index is 175. The Morgan fingerprint density at radius 1 is 1.58 bits per heavy atom. The van der Waals surface area contributed by atoms with Crippen LogP contribution < -0.4 is 5.32 Å². The molecule has 2 nitrogen and oxygen atoms in total. The summed E-state index contributed by atoms with van der Waals surface area (Å²) in [6, 6.07) is 0. The van der Waals surface area contributed by atoms with Gasteiger partial charge in [-0.3, -0.25) is 4.79 Å². The maximum Gasteiger partial charge on any atom is 0.230 e. The van der Waals surface area contributed by atoms with Crippen molar-refractivity contribution in [3.05, 3.63) is 0 Å². The molecule has 1 saturated carbocycles. The van der Waals surface area contributed by atoms with E-state index in [4.69, 9.17) is 0 Å². The molecule has 0 heterocycles. The van der Waals surface area contributed by atoms with E-state index in [0.29, 0.717) is 5.33 Å². The second kappa shape index (κ2) is 3.77. The van der Waals surface area contributed by atoms with E-state index < -0.39 is 0 Å². The third-order valence-corrected chi connectivity index (χ3v) is 3.05. The van der Waals surface area contributed by atoms with E-state index in [0.717, 1.165) is 12.5 Å². The van der Waals surface area contributed by atoms with Gasteiger partial charge in [-0.25, -0.2) is 0 Å². The number of halogens is 1. The van der Waals surface area contributed by atoms with Crippen molar-refractivity contribution in [1.82, 2.24) is 5.32 Å². The molecule has 0 saturated heterocycles. The first-order chi connectivity index (χ1) is 5.56. The summed E-state index contributed by atoms with van der Waals surface area (Å²) in [5.74, 6) is 0.914. The number of carbonyl (C=O) groups excluding carboxylic acids is 1. The zero-order valence-corrected chi connectivity index (χ0v) is 9.28. The van der Waals surface area contributed by atoms with Crippen LogP contribution in [-0.4, -0.2) is 17.8 Å². The van der Waals surface area contributed by atoms with E-state index in [9.17, 15) is 4.79 Å². The molecule has 3 heteroatoms. The van der Waals surface area contributed by atoms with Gasteiger partial charge < -0.3 is 5.32 Å². The molecule has 1 aliphatic carbocycles. The molecular weight excluding hydrogens is 218 g/mol. The van der Waals surface area contributed by atoms with Crippen molar-refractivity contribution in [3.8, 4) is 0 Å². The number of alkyl halides is 1. The number of hydrogen-bond donors (Lipinski definition) is 1. The molecule has 0 aliphatic heterocycles. The van der Waals surface area contributed by atoms with Crippen LogP contribution in [0.4, 0.5) is 0 Å². The minimum absolute atomic E-state index is 0.0868. The van der Waals surface area contributed by atoms with Crippen LogP contribution in [-0.2, 0) is 4.79 Å². The molecule has 1 rings (SSSR count). The summed E-state index contributed by atoms with van der Waals surface area (Å²) in [6.45, 7) is 5.25. The van der Waals surface area contributed by atoms with Gasteiger partial charge in [0.05, 0.1) is 5.33 Å². The maximum absolute atomic E-state index is 10.9. The maximum atomic E-state index is 10.9. The predicted octanol–water partition coefficient (Wildman–Crippen LogP) is 1.93. The van der Waals surface area contributed by atoms with Crippen LogP contribution in [0.15, 0.2) is 0 Å².